The number of sulfonamides is 1. The average Bonchev–Trinajstić information content (AvgIpc) is 3.38. The van der Waals surface area contributed by atoms with Gasteiger partial charge in [-0.1, -0.05) is 12.1 Å². The number of benzene rings is 1. The highest BCUT2D eigenvalue weighted by Gasteiger charge is 2.19. The zero-order chi connectivity index (χ0) is 19.3. The Kier molecular flexibility index (Phi) is 6.64. The molecular formula is C19H25N3O3S2. The zero-order valence-electron chi connectivity index (χ0n) is 15.4. The molecule has 8 heteroatoms. The van der Waals surface area contributed by atoms with Crippen molar-refractivity contribution in [3.05, 3.63) is 52.2 Å². The quantitative estimate of drug-likeness (QED) is 0.730. The summed E-state index contributed by atoms with van der Waals surface area (Å²) in [5.41, 5.74) is 0.387. The fourth-order valence-corrected chi connectivity index (χ4v) is 4.87. The van der Waals surface area contributed by atoms with Gasteiger partial charge in [-0.25, -0.2) is 13.1 Å². The number of carbonyl (C=O) groups is 1. The highest BCUT2D eigenvalue weighted by Crippen LogP contribution is 2.15. The minimum absolute atomic E-state index is 0.109. The Hall–Kier alpha value is -1.74. The molecule has 27 heavy (non-hydrogen) atoms. The van der Waals surface area contributed by atoms with Crippen LogP contribution in [0.1, 0.15) is 28.1 Å². The molecule has 0 radical (unpaired) electrons. The standard InChI is InChI=1S/C19H25N3O3S2/c1-21(11-12-22-9-2-3-10-22)19(23)16-6-4-8-18(14-16)27(24,25)20-15-17-7-5-13-26-17/h4-8,13-14,20H,2-3,9-12,15H2,1H3. The molecular weight excluding hydrogens is 382 g/mol. The average molecular weight is 408 g/mol. The summed E-state index contributed by atoms with van der Waals surface area (Å²) in [4.78, 5) is 17.7. The van der Waals surface area contributed by atoms with E-state index in [1.807, 2.05) is 17.5 Å². The van der Waals surface area contributed by atoms with Crippen molar-refractivity contribution in [1.29, 1.82) is 0 Å². The van der Waals surface area contributed by atoms with Gasteiger partial charge in [-0.05, 0) is 55.6 Å². The maximum absolute atomic E-state index is 12.7. The van der Waals surface area contributed by atoms with Crippen molar-refractivity contribution in [2.75, 3.05) is 33.2 Å². The third-order valence-corrected chi connectivity index (χ3v) is 6.98. The van der Waals surface area contributed by atoms with Crippen LogP contribution in [0.2, 0.25) is 0 Å². The van der Waals surface area contributed by atoms with Gasteiger partial charge in [0.15, 0.2) is 0 Å². The number of rotatable bonds is 8. The van der Waals surface area contributed by atoms with Gasteiger partial charge in [0.25, 0.3) is 5.91 Å². The minimum Gasteiger partial charge on any atom is -0.340 e. The summed E-state index contributed by atoms with van der Waals surface area (Å²) in [6.45, 7) is 3.90. The smallest absolute Gasteiger partial charge is 0.253 e. The van der Waals surface area contributed by atoms with Crippen LogP contribution in [0, 0.1) is 0 Å². The highest BCUT2D eigenvalue weighted by molar-refractivity contribution is 7.89. The van der Waals surface area contributed by atoms with Gasteiger partial charge in [0, 0.05) is 37.1 Å². The van der Waals surface area contributed by atoms with Gasteiger partial charge >= 0.3 is 0 Å². The summed E-state index contributed by atoms with van der Waals surface area (Å²) in [6, 6.07) is 9.99. The van der Waals surface area contributed by atoms with E-state index in [0.29, 0.717) is 12.1 Å². The Bertz CT molecular complexity index is 860. The van der Waals surface area contributed by atoms with Crippen molar-refractivity contribution in [2.24, 2.45) is 0 Å². The molecule has 0 atom stereocenters. The van der Waals surface area contributed by atoms with Gasteiger partial charge < -0.3 is 9.80 Å². The van der Waals surface area contributed by atoms with Crippen LogP contribution >= 0.6 is 11.3 Å². The second-order valence-corrected chi connectivity index (χ2v) is 9.51. The number of hydrogen-bond acceptors (Lipinski definition) is 5. The molecule has 1 aliphatic rings. The first kappa shape index (κ1) is 20.0. The molecule has 6 nitrogen and oxygen atoms in total. The molecule has 1 amide bonds. The van der Waals surface area contributed by atoms with Crippen molar-refractivity contribution in [2.45, 2.75) is 24.3 Å². The number of likely N-dealkylation sites (N-methyl/N-ethyl adjacent to an activating group) is 1. The molecule has 0 saturated carbocycles. The van der Waals surface area contributed by atoms with Crippen LogP contribution in [0.15, 0.2) is 46.7 Å². The molecule has 2 heterocycles. The SMILES string of the molecule is CN(CCN1CCCC1)C(=O)c1cccc(S(=O)(=O)NCc2cccs2)c1. The first-order valence-corrected chi connectivity index (χ1v) is 11.4. The van der Waals surface area contributed by atoms with E-state index >= 15 is 0 Å². The predicted molar refractivity (Wildman–Crippen MR) is 107 cm³/mol. The lowest BCUT2D eigenvalue weighted by atomic mass is 10.2. The molecule has 1 saturated heterocycles. The monoisotopic (exact) mass is 407 g/mol. The summed E-state index contributed by atoms with van der Waals surface area (Å²) in [5.74, 6) is -0.162. The molecule has 2 aromatic rings. The number of thiophene rings is 1. The molecule has 3 rings (SSSR count). The zero-order valence-corrected chi connectivity index (χ0v) is 17.1. The van der Waals surface area contributed by atoms with Gasteiger partial charge in [-0.3, -0.25) is 4.79 Å². The van der Waals surface area contributed by atoms with Gasteiger partial charge in [0.1, 0.15) is 0 Å². The normalized spacial score (nSPS) is 15.1. The number of carbonyl (C=O) groups excluding carboxylic acids is 1. The summed E-state index contributed by atoms with van der Waals surface area (Å²) >= 11 is 1.49. The minimum atomic E-state index is -3.67. The van der Waals surface area contributed by atoms with E-state index in [9.17, 15) is 13.2 Å². The van der Waals surface area contributed by atoms with Gasteiger partial charge in [-0.15, -0.1) is 11.3 Å². The molecule has 0 spiro atoms. The van der Waals surface area contributed by atoms with E-state index in [2.05, 4.69) is 9.62 Å². The fraction of sp³-hybridized carbons (Fsp3) is 0.421. The van der Waals surface area contributed by atoms with E-state index in [1.165, 1.54) is 36.3 Å². The van der Waals surface area contributed by atoms with Crippen LogP contribution in [-0.2, 0) is 16.6 Å². The highest BCUT2D eigenvalue weighted by atomic mass is 32.2. The maximum atomic E-state index is 12.7. The van der Waals surface area contributed by atoms with Crippen LogP contribution in [0.25, 0.3) is 0 Å². The predicted octanol–water partition coefficient (Wildman–Crippen LogP) is 2.39. The largest absolute Gasteiger partial charge is 0.340 e. The topological polar surface area (TPSA) is 69.7 Å². The Labute approximate surface area is 164 Å². The second kappa shape index (κ2) is 8.97. The van der Waals surface area contributed by atoms with Crippen LogP contribution in [-0.4, -0.2) is 57.4 Å². The molecule has 146 valence electrons. The van der Waals surface area contributed by atoms with Crippen molar-refractivity contribution in [1.82, 2.24) is 14.5 Å². The molecule has 1 N–H and O–H groups in total. The molecule has 0 aliphatic carbocycles. The first-order chi connectivity index (χ1) is 13.0. The van der Waals surface area contributed by atoms with Crippen molar-refractivity contribution in [3.8, 4) is 0 Å². The van der Waals surface area contributed by atoms with E-state index in [4.69, 9.17) is 0 Å². The van der Waals surface area contributed by atoms with E-state index in [-0.39, 0.29) is 17.3 Å². The van der Waals surface area contributed by atoms with Crippen molar-refractivity contribution in [3.63, 3.8) is 0 Å². The van der Waals surface area contributed by atoms with E-state index < -0.39 is 10.0 Å². The second-order valence-electron chi connectivity index (χ2n) is 6.71. The van der Waals surface area contributed by atoms with Gasteiger partial charge in [0.05, 0.1) is 4.90 Å². The lowest BCUT2D eigenvalue weighted by Gasteiger charge is -2.21. The summed E-state index contributed by atoms with van der Waals surface area (Å²) in [7, 11) is -1.91. The molecule has 0 unspecified atom stereocenters. The van der Waals surface area contributed by atoms with Crippen LogP contribution in [0.5, 0.6) is 0 Å². The molecule has 1 aliphatic heterocycles. The van der Waals surface area contributed by atoms with Gasteiger partial charge in [0.2, 0.25) is 10.0 Å². The summed E-state index contributed by atoms with van der Waals surface area (Å²) in [5, 5.41) is 1.90. The number of likely N-dealkylation sites (tertiary alicyclic amines) is 1. The summed E-state index contributed by atoms with van der Waals surface area (Å²) in [6.07, 6.45) is 2.44. The molecule has 1 aromatic carbocycles. The van der Waals surface area contributed by atoms with Crippen molar-refractivity contribution < 1.29 is 13.2 Å². The third kappa shape index (κ3) is 5.38. The van der Waals surface area contributed by atoms with Crippen LogP contribution in [0.3, 0.4) is 0 Å². The lowest BCUT2D eigenvalue weighted by molar-refractivity contribution is 0.0782. The van der Waals surface area contributed by atoms with Gasteiger partial charge in [-0.2, -0.15) is 0 Å². The first-order valence-electron chi connectivity index (χ1n) is 9.06. The van der Waals surface area contributed by atoms with Crippen LogP contribution < -0.4 is 4.72 Å². The molecule has 1 fully saturated rings. The number of amides is 1. The Balaban J connectivity index is 1.63. The number of nitrogens with zero attached hydrogens (tertiary/aromatic N) is 2. The number of nitrogens with one attached hydrogen (secondary N) is 1. The Morgan fingerprint density at radius 1 is 1.22 bits per heavy atom. The lowest BCUT2D eigenvalue weighted by Crippen LogP contribution is -2.35. The maximum Gasteiger partial charge on any atom is 0.253 e. The van der Waals surface area contributed by atoms with E-state index in [1.54, 1.807) is 24.1 Å². The van der Waals surface area contributed by atoms with Crippen LogP contribution in [0.4, 0.5) is 0 Å². The fourth-order valence-electron chi connectivity index (χ4n) is 3.08. The van der Waals surface area contributed by atoms with E-state index in [0.717, 1.165) is 24.5 Å². The Morgan fingerprint density at radius 2 is 2.00 bits per heavy atom. The summed E-state index contributed by atoms with van der Waals surface area (Å²) < 4.78 is 27.7. The molecule has 0 bridgehead atoms. The number of hydrogen-bond donors (Lipinski definition) is 1. The molecule has 1 aromatic heterocycles. The van der Waals surface area contributed by atoms with Crippen molar-refractivity contribution >= 4 is 27.3 Å². The Morgan fingerprint density at radius 3 is 2.70 bits per heavy atom. The third-order valence-electron chi connectivity index (χ3n) is 4.70.